The highest BCUT2D eigenvalue weighted by atomic mass is 19.4. The highest BCUT2D eigenvalue weighted by Gasteiger charge is 2.31. The van der Waals surface area contributed by atoms with Gasteiger partial charge in [0.25, 0.3) is 0 Å². The van der Waals surface area contributed by atoms with Crippen molar-refractivity contribution >= 4 is 6.08 Å². The van der Waals surface area contributed by atoms with E-state index in [1.54, 1.807) is 13.1 Å². The molecule has 0 amide bonds. The standard InChI is InChI=1S/C11H12F3NO2/c1-15-6-2-3-8-7-9(4-5-10(8)16)17-11(12,13)14/h2-5,7,15-16H,6H2,1H3. The molecular weight excluding hydrogens is 235 g/mol. The Morgan fingerprint density at radius 2 is 2.12 bits per heavy atom. The van der Waals surface area contributed by atoms with E-state index in [1.807, 2.05) is 0 Å². The van der Waals surface area contributed by atoms with Crippen LogP contribution in [-0.4, -0.2) is 25.1 Å². The van der Waals surface area contributed by atoms with Crippen LogP contribution in [0.1, 0.15) is 5.56 Å². The third-order valence-electron chi connectivity index (χ3n) is 1.85. The molecule has 0 bridgehead atoms. The lowest BCUT2D eigenvalue weighted by Crippen LogP contribution is -2.17. The smallest absolute Gasteiger partial charge is 0.507 e. The Morgan fingerprint density at radius 3 is 2.71 bits per heavy atom. The largest absolute Gasteiger partial charge is 0.573 e. The second kappa shape index (κ2) is 5.58. The van der Waals surface area contributed by atoms with Crippen molar-refractivity contribution in [3.63, 3.8) is 0 Å². The molecule has 94 valence electrons. The summed E-state index contributed by atoms with van der Waals surface area (Å²) in [5.74, 6) is -0.466. The predicted octanol–water partition coefficient (Wildman–Crippen LogP) is 2.52. The SMILES string of the molecule is CNCC=Cc1cc(OC(F)(F)F)ccc1O. The van der Waals surface area contributed by atoms with Gasteiger partial charge in [-0.15, -0.1) is 13.2 Å². The van der Waals surface area contributed by atoms with Crippen LogP contribution in [0.2, 0.25) is 0 Å². The zero-order valence-corrected chi connectivity index (χ0v) is 9.08. The van der Waals surface area contributed by atoms with Crippen molar-refractivity contribution in [3.05, 3.63) is 29.8 Å². The maximum atomic E-state index is 12.0. The molecule has 0 aliphatic heterocycles. The molecule has 3 nitrogen and oxygen atoms in total. The Bertz CT molecular complexity index is 402. The summed E-state index contributed by atoms with van der Waals surface area (Å²) in [6.45, 7) is 0.545. The van der Waals surface area contributed by atoms with E-state index in [0.29, 0.717) is 6.54 Å². The maximum absolute atomic E-state index is 12.0. The number of phenols is 1. The van der Waals surface area contributed by atoms with Crippen LogP contribution in [0, 0.1) is 0 Å². The first-order chi connectivity index (χ1) is 7.92. The average Bonchev–Trinajstić information content (AvgIpc) is 2.21. The third-order valence-corrected chi connectivity index (χ3v) is 1.85. The molecule has 17 heavy (non-hydrogen) atoms. The summed E-state index contributed by atoms with van der Waals surface area (Å²) in [5, 5.41) is 12.3. The minimum Gasteiger partial charge on any atom is -0.507 e. The molecule has 1 aromatic rings. The van der Waals surface area contributed by atoms with E-state index in [0.717, 1.165) is 18.2 Å². The van der Waals surface area contributed by atoms with Crippen LogP contribution < -0.4 is 10.1 Å². The number of hydrogen-bond acceptors (Lipinski definition) is 3. The number of aromatic hydroxyl groups is 1. The van der Waals surface area contributed by atoms with Crippen LogP contribution in [0.4, 0.5) is 13.2 Å². The van der Waals surface area contributed by atoms with E-state index >= 15 is 0 Å². The summed E-state index contributed by atoms with van der Waals surface area (Å²) >= 11 is 0. The van der Waals surface area contributed by atoms with Gasteiger partial charge in [-0.3, -0.25) is 0 Å². The lowest BCUT2D eigenvalue weighted by atomic mass is 10.2. The van der Waals surface area contributed by atoms with Crippen molar-refractivity contribution in [1.82, 2.24) is 5.32 Å². The lowest BCUT2D eigenvalue weighted by molar-refractivity contribution is -0.274. The number of alkyl halides is 3. The van der Waals surface area contributed by atoms with Gasteiger partial charge in [0.1, 0.15) is 11.5 Å². The molecular formula is C11H12F3NO2. The minimum atomic E-state index is -4.73. The van der Waals surface area contributed by atoms with Crippen molar-refractivity contribution in [1.29, 1.82) is 0 Å². The molecule has 0 heterocycles. The number of rotatable bonds is 4. The molecule has 0 atom stereocenters. The van der Waals surface area contributed by atoms with Gasteiger partial charge in [-0.25, -0.2) is 0 Å². The molecule has 0 unspecified atom stereocenters. The number of ether oxygens (including phenoxy) is 1. The van der Waals surface area contributed by atoms with Gasteiger partial charge in [-0.1, -0.05) is 12.2 Å². The highest BCUT2D eigenvalue weighted by Crippen LogP contribution is 2.28. The number of hydrogen-bond donors (Lipinski definition) is 2. The monoisotopic (exact) mass is 247 g/mol. The van der Waals surface area contributed by atoms with Gasteiger partial charge in [0.15, 0.2) is 0 Å². The fraction of sp³-hybridized carbons (Fsp3) is 0.273. The molecule has 1 rings (SSSR count). The lowest BCUT2D eigenvalue weighted by Gasteiger charge is -2.09. The number of likely N-dealkylation sites (N-methyl/N-ethyl adjacent to an activating group) is 1. The molecule has 0 fully saturated rings. The number of halogens is 3. The van der Waals surface area contributed by atoms with E-state index in [2.05, 4.69) is 10.1 Å². The van der Waals surface area contributed by atoms with Gasteiger partial charge >= 0.3 is 6.36 Å². The summed E-state index contributed by atoms with van der Waals surface area (Å²) in [7, 11) is 1.73. The van der Waals surface area contributed by atoms with Crippen molar-refractivity contribution in [2.45, 2.75) is 6.36 Å². The van der Waals surface area contributed by atoms with E-state index in [4.69, 9.17) is 0 Å². The van der Waals surface area contributed by atoms with Crippen molar-refractivity contribution in [3.8, 4) is 11.5 Å². The molecule has 1 aromatic carbocycles. The normalized spacial score (nSPS) is 12.0. The fourth-order valence-electron chi connectivity index (χ4n) is 1.17. The van der Waals surface area contributed by atoms with E-state index in [-0.39, 0.29) is 17.1 Å². The second-order valence-electron chi connectivity index (χ2n) is 3.23. The minimum absolute atomic E-state index is 0.105. The quantitative estimate of drug-likeness (QED) is 0.859. The molecule has 0 aliphatic rings. The number of phenolic OH excluding ortho intramolecular Hbond substituents is 1. The van der Waals surface area contributed by atoms with Gasteiger partial charge in [-0.05, 0) is 25.2 Å². The van der Waals surface area contributed by atoms with Crippen LogP contribution in [0.3, 0.4) is 0 Å². The van der Waals surface area contributed by atoms with Gasteiger partial charge < -0.3 is 15.2 Å². The Hall–Kier alpha value is -1.69. The first-order valence-corrected chi connectivity index (χ1v) is 4.82. The maximum Gasteiger partial charge on any atom is 0.573 e. The molecule has 0 spiro atoms. The predicted molar refractivity (Wildman–Crippen MR) is 57.8 cm³/mol. The van der Waals surface area contributed by atoms with Gasteiger partial charge in [0, 0.05) is 12.1 Å². The van der Waals surface area contributed by atoms with Gasteiger partial charge in [0.2, 0.25) is 0 Å². The van der Waals surface area contributed by atoms with Crippen LogP contribution in [0.25, 0.3) is 6.08 Å². The topological polar surface area (TPSA) is 41.5 Å². The Kier molecular flexibility index (Phi) is 4.39. The molecule has 0 aliphatic carbocycles. The van der Waals surface area contributed by atoms with E-state index < -0.39 is 6.36 Å². The van der Waals surface area contributed by atoms with Gasteiger partial charge in [-0.2, -0.15) is 0 Å². The first kappa shape index (κ1) is 13.4. The Morgan fingerprint density at radius 1 is 1.41 bits per heavy atom. The second-order valence-corrected chi connectivity index (χ2v) is 3.23. The van der Waals surface area contributed by atoms with Crippen molar-refractivity contribution < 1.29 is 23.0 Å². The van der Waals surface area contributed by atoms with Crippen LogP contribution in [-0.2, 0) is 0 Å². The molecule has 6 heteroatoms. The van der Waals surface area contributed by atoms with Crippen LogP contribution in [0.15, 0.2) is 24.3 Å². The number of nitrogens with one attached hydrogen (secondary N) is 1. The Balaban J connectivity index is 2.86. The molecule has 2 N–H and O–H groups in total. The first-order valence-electron chi connectivity index (χ1n) is 4.82. The Labute approximate surface area is 96.5 Å². The van der Waals surface area contributed by atoms with Crippen molar-refractivity contribution in [2.24, 2.45) is 0 Å². The van der Waals surface area contributed by atoms with Crippen molar-refractivity contribution in [2.75, 3.05) is 13.6 Å². The number of benzene rings is 1. The van der Waals surface area contributed by atoms with Crippen LogP contribution >= 0.6 is 0 Å². The third kappa shape index (κ3) is 4.78. The summed E-state index contributed by atoms with van der Waals surface area (Å²) in [5.41, 5.74) is 0.266. The van der Waals surface area contributed by atoms with E-state index in [9.17, 15) is 18.3 Å². The molecule has 0 radical (unpaired) electrons. The summed E-state index contributed by atoms with van der Waals surface area (Å²) in [6, 6.07) is 3.33. The zero-order chi connectivity index (χ0) is 12.9. The average molecular weight is 247 g/mol. The molecule has 0 aromatic heterocycles. The fourth-order valence-corrected chi connectivity index (χ4v) is 1.17. The summed E-state index contributed by atoms with van der Waals surface area (Å²) in [6.07, 6.45) is -1.55. The van der Waals surface area contributed by atoms with E-state index in [1.165, 1.54) is 6.08 Å². The molecule has 0 saturated carbocycles. The zero-order valence-electron chi connectivity index (χ0n) is 9.08. The summed E-state index contributed by atoms with van der Waals surface area (Å²) in [4.78, 5) is 0. The highest BCUT2D eigenvalue weighted by molar-refractivity contribution is 5.59. The molecule has 0 saturated heterocycles. The van der Waals surface area contributed by atoms with Gasteiger partial charge in [0.05, 0.1) is 0 Å². The summed E-state index contributed by atoms with van der Waals surface area (Å²) < 4.78 is 39.6. The van der Waals surface area contributed by atoms with Crippen LogP contribution in [0.5, 0.6) is 11.5 Å².